The molecule has 4 aliphatic carbocycles. The molecule has 54 heavy (non-hydrogen) atoms. The first-order valence-corrected chi connectivity index (χ1v) is 18.5. The predicted octanol–water partition coefficient (Wildman–Crippen LogP) is 7.21. The highest BCUT2D eigenvalue weighted by Gasteiger charge is 2.75. The van der Waals surface area contributed by atoms with E-state index in [1.807, 2.05) is 24.8 Å². The van der Waals surface area contributed by atoms with Gasteiger partial charge in [0.05, 0.1) is 24.8 Å². The smallest absolute Gasteiger partial charge is 0.113 e. The fourth-order valence-electron chi connectivity index (χ4n) is 11.8. The second-order valence-electron chi connectivity index (χ2n) is 15.3. The van der Waals surface area contributed by atoms with E-state index in [1.54, 1.807) is 0 Å². The van der Waals surface area contributed by atoms with Gasteiger partial charge in [0.25, 0.3) is 0 Å². The number of nitrogens with zero attached hydrogens (tertiary/aromatic N) is 8. The van der Waals surface area contributed by atoms with Crippen molar-refractivity contribution in [3.05, 3.63) is 144 Å². The zero-order valence-electron chi connectivity index (χ0n) is 29.3. The Morgan fingerprint density at radius 1 is 0.389 bits per heavy atom. The third kappa shape index (κ3) is 4.13. The third-order valence-corrected chi connectivity index (χ3v) is 13.0. The van der Waals surface area contributed by atoms with Crippen LogP contribution in [0.4, 0.5) is 0 Å². The van der Waals surface area contributed by atoms with E-state index in [0.29, 0.717) is 11.8 Å². The van der Waals surface area contributed by atoms with E-state index in [0.717, 1.165) is 70.7 Å². The van der Waals surface area contributed by atoms with Crippen LogP contribution in [-0.2, 0) is 16.2 Å². The van der Waals surface area contributed by atoms with Crippen LogP contribution >= 0.6 is 0 Å². The Labute approximate surface area is 310 Å². The summed E-state index contributed by atoms with van der Waals surface area (Å²) in [7, 11) is 0. The van der Waals surface area contributed by atoms with Crippen LogP contribution in [0.2, 0.25) is 0 Å². The molecule has 4 aromatic heterocycles. The number of hydrogen-bond donors (Lipinski definition) is 4. The zero-order chi connectivity index (χ0) is 35.7. The summed E-state index contributed by atoms with van der Waals surface area (Å²) >= 11 is 0. The molecule has 0 saturated heterocycles. The average molecular weight is 709 g/mol. The van der Waals surface area contributed by atoms with E-state index >= 15 is 0 Å². The molecular weight excluding hydrogens is 673 g/mol. The van der Waals surface area contributed by atoms with Gasteiger partial charge in [0.15, 0.2) is 0 Å². The summed E-state index contributed by atoms with van der Waals surface area (Å²) in [5.74, 6) is 0.944. The van der Waals surface area contributed by atoms with E-state index in [4.69, 9.17) is 20.4 Å². The van der Waals surface area contributed by atoms with Crippen LogP contribution in [0.5, 0.6) is 0 Å². The molecular formula is C42H36N12. The van der Waals surface area contributed by atoms with Crippen LogP contribution in [0.25, 0.3) is 45.0 Å². The highest BCUT2D eigenvalue weighted by atomic mass is 15.3. The number of H-pyrrole nitrogens is 4. The largest absolute Gasteiger partial charge is 0.197 e. The lowest BCUT2D eigenvalue weighted by molar-refractivity contribution is -0.0895. The Morgan fingerprint density at radius 3 is 1.00 bits per heavy atom. The van der Waals surface area contributed by atoms with Crippen LogP contribution in [0.1, 0.15) is 54.4 Å². The van der Waals surface area contributed by atoms with Crippen LogP contribution in [0.15, 0.2) is 122 Å². The maximum absolute atomic E-state index is 4.76. The van der Waals surface area contributed by atoms with Crippen molar-refractivity contribution in [2.24, 2.45) is 11.8 Å². The molecule has 4 aromatic carbocycles. The molecule has 4 aliphatic rings. The van der Waals surface area contributed by atoms with Gasteiger partial charge in [-0.3, -0.25) is 0 Å². The topological polar surface area (TPSA) is 166 Å². The van der Waals surface area contributed by atoms with Gasteiger partial charge in [-0.25, -0.2) is 0 Å². The van der Waals surface area contributed by atoms with Crippen molar-refractivity contribution in [2.75, 3.05) is 0 Å². The van der Waals surface area contributed by atoms with Gasteiger partial charge in [0, 0.05) is 38.5 Å². The summed E-state index contributed by atoms with van der Waals surface area (Å²) in [5, 5.41) is 47.9. The van der Waals surface area contributed by atoms with Crippen molar-refractivity contribution < 1.29 is 0 Å². The van der Waals surface area contributed by atoms with Gasteiger partial charge < -0.3 is 0 Å². The fraction of sp³-hybridized carbons (Fsp3) is 0.238. The molecule has 4 N–H and O–H groups in total. The Morgan fingerprint density at radius 2 is 0.685 bits per heavy atom. The predicted molar refractivity (Wildman–Crippen MR) is 201 cm³/mol. The van der Waals surface area contributed by atoms with Crippen LogP contribution in [0.3, 0.4) is 0 Å². The fourth-order valence-corrected chi connectivity index (χ4v) is 11.8. The van der Waals surface area contributed by atoms with Gasteiger partial charge in [-0.2, -0.15) is 61.6 Å². The first-order valence-electron chi connectivity index (χ1n) is 18.5. The molecule has 0 amide bonds. The standard InChI is InChI=1S/C42H36N12/c1-5-13-32(28(9-1)36-22-43-51-47-36)40-18-26-17-27(19-40)21-41(20-26,33-14-6-2-10-29(33)37-23-44-52-48-37)42(40,34-15-7-3-11-30(34)38-24-45-53-49-38)35-16-8-4-12-31(35)39-25-46-54-50-39/h1-16,22-27H,17-21H2,(H,43,47,51)(H,44,48,52)(H,45,49,53)(H,46,50,54). The van der Waals surface area contributed by atoms with Gasteiger partial charge >= 0.3 is 0 Å². The van der Waals surface area contributed by atoms with Crippen molar-refractivity contribution in [3.8, 4) is 45.0 Å². The van der Waals surface area contributed by atoms with Crippen LogP contribution in [0, 0.1) is 11.8 Å². The summed E-state index contributed by atoms with van der Waals surface area (Å²) < 4.78 is 0. The lowest BCUT2D eigenvalue weighted by atomic mass is 9.28. The molecule has 0 spiro atoms. The molecule has 4 fully saturated rings. The second-order valence-corrected chi connectivity index (χ2v) is 15.3. The first kappa shape index (κ1) is 31.0. The Balaban J connectivity index is 1.38. The minimum atomic E-state index is -0.710. The van der Waals surface area contributed by atoms with E-state index in [2.05, 4.69) is 138 Å². The van der Waals surface area contributed by atoms with Crippen molar-refractivity contribution in [2.45, 2.75) is 48.3 Å². The van der Waals surface area contributed by atoms with Gasteiger partial charge in [0.1, 0.15) is 22.8 Å². The van der Waals surface area contributed by atoms with E-state index < -0.39 is 16.2 Å². The maximum Gasteiger partial charge on any atom is 0.113 e. The molecule has 8 aromatic rings. The molecule has 0 atom stereocenters. The zero-order valence-corrected chi connectivity index (χ0v) is 29.3. The first-order chi connectivity index (χ1) is 26.7. The molecule has 264 valence electrons. The number of hydrogen-bond acceptors (Lipinski definition) is 8. The maximum atomic E-state index is 4.76. The van der Waals surface area contributed by atoms with Crippen molar-refractivity contribution >= 4 is 0 Å². The Bertz CT molecular complexity index is 2380. The average Bonchev–Trinajstić information content (AvgIpc) is 4.07. The normalized spacial score (nSPS) is 23.9. The number of benzene rings is 4. The number of aromatic amines is 4. The molecule has 12 rings (SSSR count). The third-order valence-electron chi connectivity index (χ3n) is 13.0. The summed E-state index contributed by atoms with van der Waals surface area (Å²) in [5.41, 5.74) is 10.9. The molecule has 0 radical (unpaired) electrons. The lowest BCUT2D eigenvalue weighted by Gasteiger charge is -2.74. The van der Waals surface area contributed by atoms with Gasteiger partial charge in [-0.1, -0.05) is 97.1 Å². The summed E-state index contributed by atoms with van der Waals surface area (Å²) in [6, 6.07) is 35.6. The quantitative estimate of drug-likeness (QED) is 0.129. The van der Waals surface area contributed by atoms with Gasteiger partial charge in [-0.15, -0.1) is 0 Å². The number of aromatic nitrogens is 12. The lowest BCUT2D eigenvalue weighted by Crippen LogP contribution is -2.72. The van der Waals surface area contributed by atoms with E-state index in [-0.39, 0.29) is 0 Å². The van der Waals surface area contributed by atoms with Crippen LogP contribution < -0.4 is 0 Å². The second kappa shape index (κ2) is 11.7. The van der Waals surface area contributed by atoms with Crippen molar-refractivity contribution in [3.63, 3.8) is 0 Å². The summed E-state index contributed by atoms with van der Waals surface area (Å²) in [6.45, 7) is 0. The van der Waals surface area contributed by atoms with Gasteiger partial charge in [0.2, 0.25) is 0 Å². The Hall–Kier alpha value is -6.56. The van der Waals surface area contributed by atoms with Crippen molar-refractivity contribution in [1.82, 2.24) is 61.6 Å². The van der Waals surface area contributed by atoms with Gasteiger partial charge in [-0.05, 0) is 66.2 Å². The molecule has 4 saturated carbocycles. The number of rotatable bonds is 8. The Kier molecular flexibility index (Phi) is 6.73. The molecule has 12 nitrogen and oxygen atoms in total. The molecule has 0 unspecified atom stereocenters. The minimum Gasteiger partial charge on any atom is -0.197 e. The minimum absolute atomic E-state index is 0.441. The molecule has 4 heterocycles. The molecule has 12 heteroatoms. The van der Waals surface area contributed by atoms with Crippen molar-refractivity contribution in [1.29, 1.82) is 0 Å². The monoisotopic (exact) mass is 708 g/mol. The van der Waals surface area contributed by atoms with E-state index in [9.17, 15) is 0 Å². The molecule has 4 bridgehead atoms. The number of nitrogens with one attached hydrogen (secondary N) is 4. The molecule has 0 aliphatic heterocycles. The SMILES string of the molecule is c1ccc(C23CC4CC(C2)CC(c2ccccc2-c2cn[nH]n2)(C4)C3(c2ccccc2-c2cn[nH]n2)c2ccccc2-c2cn[nH]n2)c(-c2cn[nH]n2)c1. The highest BCUT2D eigenvalue weighted by molar-refractivity contribution is 5.80. The van der Waals surface area contributed by atoms with E-state index in [1.165, 1.54) is 28.7 Å². The van der Waals surface area contributed by atoms with Crippen LogP contribution in [-0.4, -0.2) is 61.6 Å². The summed E-state index contributed by atoms with van der Waals surface area (Å²) in [4.78, 5) is 0. The highest BCUT2D eigenvalue weighted by Crippen LogP contribution is 2.78. The summed E-state index contributed by atoms with van der Waals surface area (Å²) in [6.07, 6.45) is 12.6.